The number of aryl methyl sites for hydroxylation is 3. The van der Waals surface area contributed by atoms with E-state index in [0.717, 1.165) is 46.7 Å². The summed E-state index contributed by atoms with van der Waals surface area (Å²) in [4.78, 5) is 30.5. The summed E-state index contributed by atoms with van der Waals surface area (Å²) in [5.41, 5.74) is 4.14. The minimum Gasteiger partial charge on any atom is -0.352 e. The van der Waals surface area contributed by atoms with Gasteiger partial charge in [0.25, 0.3) is 10.0 Å². The van der Waals surface area contributed by atoms with Crippen molar-refractivity contribution in [3.8, 4) is 0 Å². The zero-order valence-corrected chi connectivity index (χ0v) is 29.8. The van der Waals surface area contributed by atoms with Gasteiger partial charge in [-0.15, -0.1) is 0 Å². The fourth-order valence-electron chi connectivity index (χ4n) is 6.11. The van der Waals surface area contributed by atoms with Crippen molar-refractivity contribution < 1.29 is 18.0 Å². The molecule has 0 saturated heterocycles. The number of sulfonamides is 1. The van der Waals surface area contributed by atoms with Gasteiger partial charge in [0.15, 0.2) is 0 Å². The van der Waals surface area contributed by atoms with Crippen LogP contribution in [0, 0.1) is 20.8 Å². The lowest BCUT2D eigenvalue weighted by atomic mass is 10.0. The van der Waals surface area contributed by atoms with E-state index >= 15 is 0 Å². The molecule has 1 atom stereocenters. The molecule has 252 valence electrons. The van der Waals surface area contributed by atoms with E-state index in [9.17, 15) is 18.0 Å². The summed E-state index contributed by atoms with van der Waals surface area (Å²) in [5, 5.41) is 3.86. The number of nitrogens with zero attached hydrogens (tertiary/aromatic N) is 2. The average molecular weight is 707 g/mol. The first-order valence-corrected chi connectivity index (χ1v) is 18.4. The third-order valence-corrected chi connectivity index (χ3v) is 11.4. The van der Waals surface area contributed by atoms with E-state index in [-0.39, 0.29) is 29.8 Å². The van der Waals surface area contributed by atoms with Crippen LogP contribution in [0.3, 0.4) is 0 Å². The van der Waals surface area contributed by atoms with Crippen molar-refractivity contribution in [1.29, 1.82) is 0 Å². The first-order valence-electron chi connectivity index (χ1n) is 16.2. The maximum Gasteiger partial charge on any atom is 0.264 e. The highest BCUT2D eigenvalue weighted by atomic mass is 35.5. The molecule has 2 amide bonds. The third kappa shape index (κ3) is 8.41. The van der Waals surface area contributed by atoms with Crippen molar-refractivity contribution in [2.24, 2.45) is 0 Å². The molecule has 0 spiro atoms. The number of hydrogen-bond donors (Lipinski definition) is 1. The number of anilines is 1. The van der Waals surface area contributed by atoms with E-state index in [1.165, 1.54) is 4.90 Å². The topological polar surface area (TPSA) is 86.8 Å². The molecule has 1 N–H and O–H groups in total. The Morgan fingerprint density at radius 3 is 2.10 bits per heavy atom. The van der Waals surface area contributed by atoms with Crippen molar-refractivity contribution in [3.05, 3.63) is 129 Å². The Labute approximate surface area is 293 Å². The number of nitrogens with one attached hydrogen (secondary N) is 1. The lowest BCUT2D eigenvalue weighted by Gasteiger charge is -2.35. The molecular formula is C38H41Cl2N3O4S. The van der Waals surface area contributed by atoms with Crippen LogP contribution in [-0.4, -0.2) is 43.8 Å². The largest absolute Gasteiger partial charge is 0.352 e. The Balaban J connectivity index is 1.62. The lowest BCUT2D eigenvalue weighted by molar-refractivity contribution is -0.140. The van der Waals surface area contributed by atoms with Gasteiger partial charge in [0.05, 0.1) is 10.6 Å². The molecule has 0 aromatic heterocycles. The van der Waals surface area contributed by atoms with Gasteiger partial charge in [0, 0.05) is 34.6 Å². The first kappa shape index (κ1) is 35.5. The van der Waals surface area contributed by atoms with E-state index in [2.05, 4.69) is 5.32 Å². The second kappa shape index (κ2) is 15.6. The highest BCUT2D eigenvalue weighted by molar-refractivity contribution is 7.92. The Kier molecular flexibility index (Phi) is 11.5. The van der Waals surface area contributed by atoms with Crippen LogP contribution in [0.4, 0.5) is 5.69 Å². The van der Waals surface area contributed by atoms with Crippen LogP contribution in [0.2, 0.25) is 10.0 Å². The van der Waals surface area contributed by atoms with Gasteiger partial charge >= 0.3 is 0 Å². The number of rotatable bonds is 12. The van der Waals surface area contributed by atoms with Gasteiger partial charge in [0.2, 0.25) is 11.8 Å². The molecule has 1 saturated carbocycles. The summed E-state index contributed by atoms with van der Waals surface area (Å²) >= 11 is 13.3. The van der Waals surface area contributed by atoms with E-state index in [0.29, 0.717) is 26.9 Å². The van der Waals surface area contributed by atoms with Crippen LogP contribution < -0.4 is 9.62 Å². The molecule has 0 aliphatic heterocycles. The van der Waals surface area contributed by atoms with Crippen LogP contribution >= 0.6 is 23.2 Å². The quantitative estimate of drug-likeness (QED) is 0.163. The minimum atomic E-state index is -4.22. The fourth-order valence-corrected chi connectivity index (χ4v) is 8.10. The number of hydrogen-bond acceptors (Lipinski definition) is 4. The fraction of sp³-hybridized carbons (Fsp3) is 0.316. The summed E-state index contributed by atoms with van der Waals surface area (Å²) < 4.78 is 29.9. The van der Waals surface area contributed by atoms with E-state index < -0.39 is 28.5 Å². The smallest absolute Gasteiger partial charge is 0.264 e. The first-order chi connectivity index (χ1) is 22.9. The molecule has 1 unspecified atom stereocenters. The van der Waals surface area contributed by atoms with Crippen LogP contribution in [0.1, 0.15) is 53.5 Å². The number of carbonyl (C=O) groups excluding carboxylic acids is 2. The molecule has 4 aromatic carbocycles. The van der Waals surface area contributed by atoms with Crippen LogP contribution in [0.5, 0.6) is 0 Å². The summed E-state index contributed by atoms with van der Waals surface area (Å²) in [7, 11) is -4.22. The Hall–Kier alpha value is -3.85. The van der Waals surface area contributed by atoms with Crippen molar-refractivity contribution in [2.45, 2.75) is 76.4 Å². The normalized spacial score (nSPS) is 14.0. The Morgan fingerprint density at radius 2 is 1.46 bits per heavy atom. The molecule has 1 aliphatic rings. The van der Waals surface area contributed by atoms with E-state index in [1.54, 1.807) is 48.5 Å². The van der Waals surface area contributed by atoms with Crippen molar-refractivity contribution in [2.75, 3.05) is 10.8 Å². The van der Waals surface area contributed by atoms with Gasteiger partial charge in [-0.1, -0.05) is 102 Å². The lowest BCUT2D eigenvalue weighted by Crippen LogP contribution is -2.54. The molecule has 48 heavy (non-hydrogen) atoms. The Bertz CT molecular complexity index is 1840. The second-order valence-corrected chi connectivity index (χ2v) is 15.2. The number of benzene rings is 4. The molecule has 0 bridgehead atoms. The van der Waals surface area contributed by atoms with Crippen molar-refractivity contribution in [1.82, 2.24) is 10.2 Å². The molecule has 4 aromatic rings. The summed E-state index contributed by atoms with van der Waals surface area (Å²) in [5.74, 6) is -0.868. The van der Waals surface area contributed by atoms with E-state index in [1.807, 2.05) is 63.2 Å². The van der Waals surface area contributed by atoms with Gasteiger partial charge in [0.1, 0.15) is 12.6 Å². The standard InChI is InChI=1S/C38H41Cl2N3O4S/c1-26-17-20-31(21-18-26)48(46,47)43(35-22-27(2)16-19-28(35)3)25-37(44)42(24-32-33(39)14-9-15-34(32)40)36(23-29-10-5-4-6-11-29)38(45)41-30-12-7-8-13-30/h4-6,9-11,14-22,30,36H,7-8,12-13,23-25H2,1-3H3,(H,41,45). The molecular weight excluding hydrogens is 665 g/mol. The summed E-state index contributed by atoms with van der Waals surface area (Å²) in [6.45, 7) is 4.91. The molecule has 0 heterocycles. The number of halogens is 2. The van der Waals surface area contributed by atoms with Gasteiger partial charge in [-0.2, -0.15) is 0 Å². The Morgan fingerprint density at radius 1 is 0.833 bits per heavy atom. The molecule has 7 nitrogen and oxygen atoms in total. The van der Waals surface area contributed by atoms with Gasteiger partial charge < -0.3 is 10.2 Å². The summed E-state index contributed by atoms with van der Waals surface area (Å²) in [6, 6.07) is 25.6. The number of amides is 2. The molecule has 5 rings (SSSR count). The molecule has 1 fully saturated rings. The predicted octanol–water partition coefficient (Wildman–Crippen LogP) is 7.81. The van der Waals surface area contributed by atoms with Crippen LogP contribution in [-0.2, 0) is 32.6 Å². The van der Waals surface area contributed by atoms with E-state index in [4.69, 9.17) is 23.2 Å². The van der Waals surface area contributed by atoms with Crippen LogP contribution in [0.25, 0.3) is 0 Å². The molecule has 10 heteroatoms. The summed E-state index contributed by atoms with van der Waals surface area (Å²) in [6.07, 6.45) is 3.98. The molecule has 1 aliphatic carbocycles. The number of carbonyl (C=O) groups is 2. The van der Waals surface area contributed by atoms with Crippen LogP contribution in [0.15, 0.2) is 95.9 Å². The maximum atomic E-state index is 14.8. The highest BCUT2D eigenvalue weighted by Crippen LogP contribution is 2.31. The SMILES string of the molecule is Cc1ccc(S(=O)(=O)N(CC(=O)N(Cc2c(Cl)cccc2Cl)C(Cc2ccccc2)C(=O)NC2CCCC2)c2cc(C)ccc2C)cc1. The predicted molar refractivity (Wildman–Crippen MR) is 193 cm³/mol. The second-order valence-electron chi connectivity index (χ2n) is 12.5. The van der Waals surface area contributed by atoms with Gasteiger partial charge in [-0.3, -0.25) is 13.9 Å². The average Bonchev–Trinajstić information content (AvgIpc) is 3.57. The highest BCUT2D eigenvalue weighted by Gasteiger charge is 2.36. The van der Waals surface area contributed by atoms with Crippen molar-refractivity contribution >= 4 is 50.7 Å². The van der Waals surface area contributed by atoms with Crippen molar-refractivity contribution in [3.63, 3.8) is 0 Å². The van der Waals surface area contributed by atoms with Gasteiger partial charge in [-0.25, -0.2) is 8.42 Å². The maximum absolute atomic E-state index is 14.8. The molecule has 0 radical (unpaired) electrons. The van der Waals surface area contributed by atoms with Gasteiger partial charge in [-0.05, 0) is 80.6 Å². The third-order valence-electron chi connectivity index (χ3n) is 8.88. The monoisotopic (exact) mass is 705 g/mol. The zero-order valence-electron chi connectivity index (χ0n) is 27.5. The minimum absolute atomic E-state index is 0.00461. The zero-order chi connectivity index (χ0) is 34.4.